The van der Waals surface area contributed by atoms with E-state index in [1.165, 1.54) is 12.0 Å². The molecular formula is C31H35N3O5. The van der Waals surface area contributed by atoms with Crippen molar-refractivity contribution in [2.24, 2.45) is 0 Å². The van der Waals surface area contributed by atoms with E-state index in [-0.39, 0.29) is 11.6 Å². The topological polar surface area (TPSA) is 97.0 Å². The van der Waals surface area contributed by atoms with Gasteiger partial charge in [-0.05, 0) is 73.2 Å². The second kappa shape index (κ2) is 12.5. The molecule has 3 amide bonds. The van der Waals surface area contributed by atoms with Crippen LogP contribution < -0.4 is 15.4 Å². The van der Waals surface area contributed by atoms with E-state index < -0.39 is 17.9 Å². The van der Waals surface area contributed by atoms with E-state index in [0.29, 0.717) is 11.4 Å². The molecule has 4 rings (SSSR count). The van der Waals surface area contributed by atoms with Gasteiger partial charge in [-0.3, -0.25) is 9.59 Å². The minimum Gasteiger partial charge on any atom is -0.497 e. The minimum atomic E-state index is -0.564. The number of anilines is 2. The molecule has 3 aromatic carbocycles. The maximum atomic E-state index is 13.8. The van der Waals surface area contributed by atoms with Crippen molar-refractivity contribution in [3.05, 3.63) is 77.4 Å². The zero-order valence-electron chi connectivity index (χ0n) is 22.9. The molecule has 1 saturated carbocycles. The van der Waals surface area contributed by atoms with Gasteiger partial charge in [-0.1, -0.05) is 55.7 Å². The van der Waals surface area contributed by atoms with Crippen molar-refractivity contribution in [2.45, 2.75) is 58.9 Å². The number of hydrogen-bond acceptors (Lipinski definition) is 5. The lowest BCUT2D eigenvalue weighted by Crippen LogP contribution is -2.42. The third kappa shape index (κ3) is 6.76. The number of carbonyl (C=O) groups excluding carboxylic acids is 3. The molecule has 0 unspecified atom stereocenters. The SMILES string of the molecule is COc1ccc(-c2ccc(C(=O)N(OC(C)=O)C3CCCCC3)c(NC(=O)Nc3c(C)cccc3C)c2)cc1. The zero-order chi connectivity index (χ0) is 27.9. The van der Waals surface area contributed by atoms with E-state index in [0.717, 1.165) is 60.1 Å². The fraction of sp³-hybridized carbons (Fsp3) is 0.323. The molecule has 8 nitrogen and oxygen atoms in total. The van der Waals surface area contributed by atoms with Crippen molar-refractivity contribution < 1.29 is 24.0 Å². The van der Waals surface area contributed by atoms with Crippen LogP contribution in [0.15, 0.2) is 60.7 Å². The lowest BCUT2D eigenvalue weighted by atomic mass is 9.94. The molecule has 0 bridgehead atoms. The lowest BCUT2D eigenvalue weighted by Gasteiger charge is -2.32. The number of ether oxygens (including phenoxy) is 1. The predicted octanol–water partition coefficient (Wildman–Crippen LogP) is 6.88. The first-order valence-electron chi connectivity index (χ1n) is 13.2. The van der Waals surface area contributed by atoms with E-state index in [2.05, 4.69) is 10.6 Å². The van der Waals surface area contributed by atoms with Gasteiger partial charge >= 0.3 is 12.0 Å². The zero-order valence-corrected chi connectivity index (χ0v) is 22.9. The minimum absolute atomic E-state index is 0.215. The van der Waals surface area contributed by atoms with Crippen LogP contribution in [0.2, 0.25) is 0 Å². The van der Waals surface area contributed by atoms with Crippen LogP contribution >= 0.6 is 0 Å². The molecule has 0 aliphatic heterocycles. The first-order valence-corrected chi connectivity index (χ1v) is 13.2. The summed E-state index contributed by atoms with van der Waals surface area (Å²) in [6.45, 7) is 5.12. The number of hydrogen-bond donors (Lipinski definition) is 2. The summed E-state index contributed by atoms with van der Waals surface area (Å²) in [5.74, 6) is -0.312. The highest BCUT2D eigenvalue weighted by atomic mass is 16.7. The van der Waals surface area contributed by atoms with Gasteiger partial charge in [-0.25, -0.2) is 4.79 Å². The number of nitrogens with zero attached hydrogens (tertiary/aromatic N) is 1. The third-order valence-electron chi connectivity index (χ3n) is 6.97. The number of rotatable bonds is 6. The second-order valence-electron chi connectivity index (χ2n) is 9.84. The molecule has 0 heterocycles. The van der Waals surface area contributed by atoms with Gasteiger partial charge in [0.25, 0.3) is 5.91 Å². The molecule has 1 fully saturated rings. The number of amides is 3. The smallest absolute Gasteiger partial charge is 0.329 e. The highest BCUT2D eigenvalue weighted by Crippen LogP contribution is 2.31. The Morgan fingerprint density at radius 1 is 0.846 bits per heavy atom. The fourth-order valence-corrected chi connectivity index (χ4v) is 4.93. The Labute approximate surface area is 229 Å². The van der Waals surface area contributed by atoms with Gasteiger partial charge < -0.3 is 20.2 Å². The second-order valence-corrected chi connectivity index (χ2v) is 9.84. The molecule has 0 saturated heterocycles. The largest absolute Gasteiger partial charge is 0.497 e. The van der Waals surface area contributed by atoms with Crippen LogP contribution in [0.1, 0.15) is 60.5 Å². The third-order valence-corrected chi connectivity index (χ3v) is 6.97. The van der Waals surface area contributed by atoms with Crippen molar-refractivity contribution in [2.75, 3.05) is 17.7 Å². The average molecular weight is 530 g/mol. The quantitative estimate of drug-likeness (QED) is 0.340. The van der Waals surface area contributed by atoms with E-state index >= 15 is 0 Å². The van der Waals surface area contributed by atoms with E-state index in [9.17, 15) is 14.4 Å². The number of urea groups is 1. The number of carbonyl (C=O) groups is 3. The Kier molecular flexibility index (Phi) is 8.86. The fourth-order valence-electron chi connectivity index (χ4n) is 4.93. The van der Waals surface area contributed by atoms with E-state index in [1.54, 1.807) is 19.2 Å². The number of benzene rings is 3. The van der Waals surface area contributed by atoms with Crippen LogP contribution in [0.5, 0.6) is 5.75 Å². The number of nitrogens with one attached hydrogen (secondary N) is 2. The molecule has 0 atom stereocenters. The van der Waals surface area contributed by atoms with Crippen molar-refractivity contribution in [1.82, 2.24) is 5.06 Å². The highest BCUT2D eigenvalue weighted by molar-refractivity contribution is 6.07. The van der Waals surface area contributed by atoms with Gasteiger partial charge in [0.2, 0.25) is 0 Å². The molecule has 1 aliphatic rings. The first-order chi connectivity index (χ1) is 18.8. The Morgan fingerprint density at radius 3 is 2.10 bits per heavy atom. The summed E-state index contributed by atoms with van der Waals surface area (Å²) in [6.07, 6.45) is 4.49. The molecule has 3 aromatic rings. The van der Waals surface area contributed by atoms with E-state index in [1.807, 2.05) is 62.4 Å². The molecule has 2 N–H and O–H groups in total. The number of hydroxylamine groups is 2. The normalized spacial score (nSPS) is 13.3. The van der Waals surface area contributed by atoms with Gasteiger partial charge in [-0.15, -0.1) is 0 Å². The molecule has 8 heteroatoms. The molecule has 0 aromatic heterocycles. The summed E-state index contributed by atoms with van der Waals surface area (Å²) in [5.41, 5.74) is 4.78. The summed E-state index contributed by atoms with van der Waals surface area (Å²) in [6, 6.07) is 17.8. The molecule has 1 aliphatic carbocycles. The number of methoxy groups -OCH3 is 1. The highest BCUT2D eigenvalue weighted by Gasteiger charge is 2.31. The molecular weight excluding hydrogens is 494 g/mol. The summed E-state index contributed by atoms with van der Waals surface area (Å²) in [4.78, 5) is 44.4. The molecule has 0 radical (unpaired) electrons. The van der Waals surface area contributed by atoms with Crippen LogP contribution in [-0.4, -0.2) is 36.1 Å². The Balaban J connectivity index is 1.70. The molecule has 0 spiro atoms. The average Bonchev–Trinajstić information content (AvgIpc) is 2.94. The monoisotopic (exact) mass is 529 g/mol. The van der Waals surface area contributed by atoms with Crippen LogP contribution in [0.3, 0.4) is 0 Å². The van der Waals surface area contributed by atoms with Crippen molar-refractivity contribution in [1.29, 1.82) is 0 Å². The summed E-state index contributed by atoms with van der Waals surface area (Å²) in [7, 11) is 1.60. The van der Waals surface area contributed by atoms with Crippen molar-refractivity contribution >= 4 is 29.3 Å². The van der Waals surface area contributed by atoms with Crippen molar-refractivity contribution in [3.8, 4) is 16.9 Å². The summed E-state index contributed by atoms with van der Waals surface area (Å²) >= 11 is 0. The Bertz CT molecular complexity index is 1330. The maximum absolute atomic E-state index is 13.8. The number of aryl methyl sites for hydroxylation is 2. The van der Waals surface area contributed by atoms with Crippen molar-refractivity contribution in [3.63, 3.8) is 0 Å². The van der Waals surface area contributed by atoms with Crippen LogP contribution in [-0.2, 0) is 9.63 Å². The molecule has 204 valence electrons. The van der Waals surface area contributed by atoms with Crippen LogP contribution in [0, 0.1) is 13.8 Å². The number of para-hydroxylation sites is 1. The Morgan fingerprint density at radius 2 is 1.49 bits per heavy atom. The lowest BCUT2D eigenvalue weighted by molar-refractivity contribution is -0.185. The first kappa shape index (κ1) is 27.7. The van der Waals surface area contributed by atoms with Crippen LogP contribution in [0.4, 0.5) is 16.2 Å². The predicted molar refractivity (Wildman–Crippen MR) is 152 cm³/mol. The maximum Gasteiger partial charge on any atom is 0.329 e. The summed E-state index contributed by atoms with van der Waals surface area (Å²) in [5, 5.41) is 6.98. The van der Waals surface area contributed by atoms with Gasteiger partial charge in [0, 0.05) is 12.6 Å². The molecule has 39 heavy (non-hydrogen) atoms. The van der Waals surface area contributed by atoms with Gasteiger partial charge in [0.05, 0.1) is 24.4 Å². The van der Waals surface area contributed by atoms with E-state index in [4.69, 9.17) is 9.57 Å². The standard InChI is InChI=1S/C31H35N3O5/c1-20-9-8-10-21(2)29(20)33-31(37)32-28-19-24(23-13-16-26(38-4)17-14-23)15-18-27(28)30(36)34(39-22(3)35)25-11-6-5-7-12-25/h8-10,13-19,25H,5-7,11-12H2,1-4H3,(H2,32,33,37). The van der Waals surface area contributed by atoms with Gasteiger partial charge in [0.15, 0.2) is 0 Å². The Hall–Kier alpha value is -4.33. The summed E-state index contributed by atoms with van der Waals surface area (Å²) < 4.78 is 5.27. The van der Waals surface area contributed by atoms with Gasteiger partial charge in [0.1, 0.15) is 5.75 Å². The van der Waals surface area contributed by atoms with Gasteiger partial charge in [-0.2, -0.15) is 5.06 Å². The van der Waals surface area contributed by atoms with Crippen LogP contribution in [0.25, 0.3) is 11.1 Å².